The van der Waals surface area contributed by atoms with E-state index in [1.807, 2.05) is 0 Å². The molecule has 0 fully saturated rings. The maximum Gasteiger partial charge on any atom is 0.277 e. The van der Waals surface area contributed by atoms with Crippen molar-refractivity contribution in [2.45, 2.75) is 0 Å². The van der Waals surface area contributed by atoms with Crippen LogP contribution in [0.4, 0.5) is 10.1 Å². The van der Waals surface area contributed by atoms with Gasteiger partial charge in [-0.05, 0) is 40.2 Å². The number of methoxy groups -OCH3 is 2. The Morgan fingerprint density at radius 2 is 1.96 bits per heavy atom. The summed E-state index contributed by atoms with van der Waals surface area (Å²) in [6, 6.07) is 11.2. The summed E-state index contributed by atoms with van der Waals surface area (Å²) in [5.74, 6) is 0.128. The van der Waals surface area contributed by atoms with Crippen molar-refractivity contribution >= 4 is 27.5 Å². The van der Waals surface area contributed by atoms with Gasteiger partial charge in [-0.15, -0.1) is 0 Å². The first-order valence-corrected chi connectivity index (χ1v) is 8.36. The number of hydrogen-bond acceptors (Lipinski definition) is 4. The molecule has 0 atom stereocenters. The summed E-state index contributed by atoms with van der Waals surface area (Å²) in [4.78, 5) is 12.6. The van der Waals surface area contributed by atoms with Gasteiger partial charge in [-0.1, -0.05) is 12.1 Å². The van der Waals surface area contributed by atoms with Gasteiger partial charge in [0.25, 0.3) is 5.91 Å². The first kappa shape index (κ1) is 17.9. The van der Waals surface area contributed by atoms with E-state index in [1.165, 1.54) is 31.2 Å². The van der Waals surface area contributed by atoms with Crippen LogP contribution in [0.25, 0.3) is 5.69 Å². The molecule has 1 amide bonds. The van der Waals surface area contributed by atoms with Gasteiger partial charge in [0, 0.05) is 12.3 Å². The highest BCUT2D eigenvalue weighted by Crippen LogP contribution is 2.30. The van der Waals surface area contributed by atoms with Gasteiger partial charge in [-0.2, -0.15) is 5.10 Å². The van der Waals surface area contributed by atoms with Crippen LogP contribution in [-0.2, 0) is 0 Å². The largest absolute Gasteiger partial charge is 0.497 e. The highest BCUT2D eigenvalue weighted by atomic mass is 79.9. The van der Waals surface area contributed by atoms with Crippen molar-refractivity contribution in [1.29, 1.82) is 0 Å². The van der Waals surface area contributed by atoms with Crippen molar-refractivity contribution in [3.05, 3.63) is 64.6 Å². The number of nitrogens with one attached hydrogen (secondary N) is 1. The molecule has 0 aliphatic rings. The average molecular weight is 420 g/mol. The zero-order valence-corrected chi connectivity index (χ0v) is 15.6. The standard InChI is InChI=1S/C18H15BrFN3O3/c1-25-11-7-8-16(26-2)14(9-11)21-18(24)17-12(19)10-23(22-17)15-6-4-3-5-13(15)20/h3-10H,1-2H3,(H,21,24). The Morgan fingerprint density at radius 3 is 2.65 bits per heavy atom. The highest BCUT2D eigenvalue weighted by molar-refractivity contribution is 9.10. The van der Waals surface area contributed by atoms with Gasteiger partial charge in [0.15, 0.2) is 5.69 Å². The van der Waals surface area contributed by atoms with Crippen molar-refractivity contribution in [2.75, 3.05) is 19.5 Å². The molecule has 0 saturated carbocycles. The number of nitrogens with zero attached hydrogens (tertiary/aromatic N) is 2. The fraction of sp³-hybridized carbons (Fsp3) is 0.111. The molecule has 0 aliphatic heterocycles. The maximum absolute atomic E-state index is 13.9. The minimum absolute atomic E-state index is 0.109. The molecule has 0 spiro atoms. The average Bonchev–Trinajstić information content (AvgIpc) is 3.03. The molecule has 1 aromatic heterocycles. The van der Waals surface area contributed by atoms with Crippen molar-refractivity contribution in [3.8, 4) is 17.2 Å². The predicted octanol–water partition coefficient (Wildman–Crippen LogP) is 4.04. The van der Waals surface area contributed by atoms with E-state index in [1.54, 1.807) is 36.4 Å². The third-order valence-electron chi connectivity index (χ3n) is 3.64. The summed E-state index contributed by atoms with van der Waals surface area (Å²) in [5.41, 5.74) is 0.786. The van der Waals surface area contributed by atoms with E-state index >= 15 is 0 Å². The Hall–Kier alpha value is -2.87. The summed E-state index contributed by atoms with van der Waals surface area (Å²) in [5, 5.41) is 6.91. The van der Waals surface area contributed by atoms with Crippen LogP contribution in [-0.4, -0.2) is 29.9 Å². The van der Waals surface area contributed by atoms with Crippen molar-refractivity contribution in [2.24, 2.45) is 0 Å². The van der Waals surface area contributed by atoms with E-state index in [0.717, 1.165) is 0 Å². The fourth-order valence-electron chi connectivity index (χ4n) is 2.36. The Morgan fingerprint density at radius 1 is 1.19 bits per heavy atom. The van der Waals surface area contributed by atoms with Gasteiger partial charge in [0.1, 0.15) is 23.0 Å². The number of anilines is 1. The molecular weight excluding hydrogens is 405 g/mol. The second-order valence-electron chi connectivity index (χ2n) is 5.24. The molecule has 0 radical (unpaired) electrons. The Balaban J connectivity index is 1.91. The molecular formula is C18H15BrFN3O3. The van der Waals surface area contributed by atoms with Crippen LogP contribution in [0, 0.1) is 5.82 Å². The van der Waals surface area contributed by atoms with Crippen LogP contribution < -0.4 is 14.8 Å². The fourth-order valence-corrected chi connectivity index (χ4v) is 2.81. The number of hydrogen-bond donors (Lipinski definition) is 1. The highest BCUT2D eigenvalue weighted by Gasteiger charge is 2.19. The van der Waals surface area contributed by atoms with Gasteiger partial charge in [0.2, 0.25) is 0 Å². The Labute approximate surface area is 157 Å². The number of benzene rings is 2. The molecule has 1 heterocycles. The van der Waals surface area contributed by atoms with Crippen molar-refractivity contribution in [3.63, 3.8) is 0 Å². The first-order chi connectivity index (χ1) is 12.5. The summed E-state index contributed by atoms with van der Waals surface area (Å²) >= 11 is 3.29. The molecule has 0 saturated heterocycles. The molecule has 26 heavy (non-hydrogen) atoms. The lowest BCUT2D eigenvalue weighted by Crippen LogP contribution is -2.14. The van der Waals surface area contributed by atoms with Crippen molar-refractivity contribution < 1.29 is 18.7 Å². The lowest BCUT2D eigenvalue weighted by atomic mass is 10.2. The van der Waals surface area contributed by atoms with E-state index < -0.39 is 11.7 Å². The first-order valence-electron chi connectivity index (χ1n) is 7.57. The quantitative estimate of drug-likeness (QED) is 0.677. The second-order valence-corrected chi connectivity index (χ2v) is 6.10. The van der Waals surface area contributed by atoms with Crippen LogP contribution in [0.15, 0.2) is 53.1 Å². The number of halogens is 2. The normalized spacial score (nSPS) is 10.5. The summed E-state index contributed by atoms with van der Waals surface area (Å²) in [7, 11) is 3.03. The second kappa shape index (κ2) is 7.57. The summed E-state index contributed by atoms with van der Waals surface area (Å²) in [6.07, 6.45) is 1.52. The smallest absolute Gasteiger partial charge is 0.277 e. The molecule has 134 valence electrons. The van der Waals surface area contributed by atoms with Crippen LogP contribution in [0.1, 0.15) is 10.5 Å². The van der Waals surface area contributed by atoms with E-state index in [-0.39, 0.29) is 11.4 Å². The maximum atomic E-state index is 13.9. The van der Waals surface area contributed by atoms with Crippen LogP contribution in [0.5, 0.6) is 11.5 Å². The SMILES string of the molecule is COc1ccc(OC)c(NC(=O)c2nn(-c3ccccc3F)cc2Br)c1. The van der Waals surface area contributed by atoms with Crippen LogP contribution in [0.3, 0.4) is 0 Å². The van der Waals surface area contributed by atoms with Gasteiger partial charge in [-0.25, -0.2) is 9.07 Å². The minimum Gasteiger partial charge on any atom is -0.497 e. The minimum atomic E-state index is -0.474. The van der Waals surface area contributed by atoms with E-state index in [0.29, 0.717) is 21.7 Å². The molecule has 0 unspecified atom stereocenters. The zero-order chi connectivity index (χ0) is 18.7. The molecule has 6 nitrogen and oxygen atoms in total. The number of para-hydroxylation sites is 1. The predicted molar refractivity (Wildman–Crippen MR) is 98.7 cm³/mol. The lowest BCUT2D eigenvalue weighted by Gasteiger charge is -2.11. The van der Waals surface area contributed by atoms with Gasteiger partial charge in [0.05, 0.1) is 24.4 Å². The van der Waals surface area contributed by atoms with Crippen molar-refractivity contribution in [1.82, 2.24) is 9.78 Å². The number of ether oxygens (including phenoxy) is 2. The molecule has 3 aromatic rings. The number of carbonyl (C=O) groups excluding carboxylic acids is 1. The molecule has 2 aromatic carbocycles. The third-order valence-corrected chi connectivity index (χ3v) is 4.22. The van der Waals surface area contributed by atoms with Gasteiger partial charge >= 0.3 is 0 Å². The number of rotatable bonds is 5. The topological polar surface area (TPSA) is 65.4 Å². The molecule has 3 rings (SSSR count). The summed E-state index contributed by atoms with van der Waals surface area (Å²) < 4.78 is 26.1. The molecule has 0 aliphatic carbocycles. The third kappa shape index (κ3) is 3.55. The number of aromatic nitrogens is 2. The molecule has 1 N–H and O–H groups in total. The van der Waals surface area contributed by atoms with Gasteiger partial charge in [-0.3, -0.25) is 4.79 Å². The Bertz CT molecular complexity index is 959. The zero-order valence-electron chi connectivity index (χ0n) is 14.0. The van der Waals surface area contributed by atoms with Crippen LogP contribution >= 0.6 is 15.9 Å². The van der Waals surface area contributed by atoms with E-state index in [4.69, 9.17) is 9.47 Å². The number of carbonyl (C=O) groups is 1. The number of amides is 1. The summed E-state index contributed by atoms with van der Waals surface area (Å²) in [6.45, 7) is 0. The van der Waals surface area contributed by atoms with Gasteiger partial charge < -0.3 is 14.8 Å². The molecule has 0 bridgehead atoms. The monoisotopic (exact) mass is 419 g/mol. The molecule has 8 heteroatoms. The lowest BCUT2D eigenvalue weighted by molar-refractivity contribution is 0.102. The van der Waals surface area contributed by atoms with E-state index in [9.17, 15) is 9.18 Å². The Kier molecular flexibility index (Phi) is 5.22. The van der Waals surface area contributed by atoms with E-state index in [2.05, 4.69) is 26.3 Å². The van der Waals surface area contributed by atoms with Crippen LogP contribution in [0.2, 0.25) is 0 Å².